The maximum Gasteiger partial charge on any atom is 0.102 e. The molecule has 0 aliphatic heterocycles. The first kappa shape index (κ1) is 13.5. The number of aliphatic hydroxyl groups excluding tert-OH is 1. The quantitative estimate of drug-likeness (QED) is 0.822. The molecule has 2 N–H and O–H groups in total. The van der Waals surface area contributed by atoms with E-state index in [1.165, 1.54) is 0 Å². The summed E-state index contributed by atoms with van der Waals surface area (Å²) in [4.78, 5) is 3.18. The highest BCUT2D eigenvalue weighted by Crippen LogP contribution is 2.26. The van der Waals surface area contributed by atoms with E-state index in [1.807, 2.05) is 38.1 Å². The van der Waals surface area contributed by atoms with E-state index in [4.69, 9.17) is 17.5 Å². The molecule has 2 aromatic rings. The molecule has 0 bridgehead atoms. The second-order valence-electron chi connectivity index (χ2n) is 4.45. The van der Waals surface area contributed by atoms with Crippen molar-refractivity contribution in [2.75, 3.05) is 0 Å². The highest BCUT2D eigenvalue weighted by molar-refractivity contribution is 7.71. The molecule has 1 aromatic carbocycles. The van der Waals surface area contributed by atoms with Gasteiger partial charge in [0.1, 0.15) is 6.07 Å². The minimum absolute atomic E-state index is 0.187. The van der Waals surface area contributed by atoms with E-state index >= 15 is 0 Å². The topological polar surface area (TPSA) is 59.8 Å². The maximum atomic E-state index is 9.54. The lowest BCUT2D eigenvalue weighted by Crippen LogP contribution is -2.01. The Kier molecular flexibility index (Phi) is 3.79. The van der Waals surface area contributed by atoms with Gasteiger partial charge in [-0.3, -0.25) is 0 Å². The summed E-state index contributed by atoms with van der Waals surface area (Å²) in [5.74, 6) is 0. The van der Waals surface area contributed by atoms with Crippen molar-refractivity contribution in [2.24, 2.45) is 0 Å². The molecule has 0 saturated heterocycles. The van der Waals surface area contributed by atoms with E-state index in [1.54, 1.807) is 0 Å². The molecule has 4 heteroatoms. The van der Waals surface area contributed by atoms with Crippen molar-refractivity contribution < 1.29 is 5.11 Å². The fourth-order valence-electron chi connectivity index (χ4n) is 2.09. The number of aromatic amines is 1. The van der Waals surface area contributed by atoms with Crippen molar-refractivity contribution in [3.63, 3.8) is 0 Å². The van der Waals surface area contributed by atoms with E-state index in [-0.39, 0.29) is 6.61 Å². The van der Waals surface area contributed by atoms with Crippen LogP contribution in [-0.2, 0) is 6.61 Å². The standard InChI is InChI=1S/C15H14N2OS/c1-9-4-3-5-11(6-9)14-13(8-18)15(19)12(7-16)10(2)17-14/h3-6,18H,8H2,1-2H3,(H,17,19). The van der Waals surface area contributed by atoms with Gasteiger partial charge in [0.2, 0.25) is 0 Å². The number of pyridine rings is 1. The second kappa shape index (κ2) is 5.35. The Hall–Kier alpha value is -1.96. The van der Waals surface area contributed by atoms with Gasteiger partial charge in [-0.2, -0.15) is 5.26 Å². The van der Waals surface area contributed by atoms with Crippen LogP contribution in [0.3, 0.4) is 0 Å². The van der Waals surface area contributed by atoms with Gasteiger partial charge < -0.3 is 10.1 Å². The number of aryl methyl sites for hydroxylation is 2. The molecule has 0 amide bonds. The van der Waals surface area contributed by atoms with Crippen LogP contribution in [0.5, 0.6) is 0 Å². The fraction of sp³-hybridized carbons (Fsp3) is 0.200. The van der Waals surface area contributed by atoms with Gasteiger partial charge in [-0.1, -0.05) is 36.0 Å². The first-order chi connectivity index (χ1) is 9.08. The third kappa shape index (κ3) is 2.43. The summed E-state index contributed by atoms with van der Waals surface area (Å²) in [5, 5.41) is 18.7. The van der Waals surface area contributed by atoms with E-state index in [0.29, 0.717) is 15.6 Å². The average molecular weight is 270 g/mol. The maximum absolute atomic E-state index is 9.54. The Morgan fingerprint density at radius 3 is 2.68 bits per heavy atom. The highest BCUT2D eigenvalue weighted by atomic mass is 32.1. The molecule has 0 spiro atoms. The number of hydrogen-bond donors (Lipinski definition) is 2. The van der Waals surface area contributed by atoms with Crippen molar-refractivity contribution in [3.8, 4) is 17.3 Å². The molecule has 19 heavy (non-hydrogen) atoms. The van der Waals surface area contributed by atoms with Crippen molar-refractivity contribution in [3.05, 3.63) is 51.2 Å². The number of rotatable bonds is 2. The molecule has 96 valence electrons. The van der Waals surface area contributed by atoms with Gasteiger partial charge in [0.25, 0.3) is 0 Å². The summed E-state index contributed by atoms with van der Waals surface area (Å²) in [6, 6.07) is 10.0. The van der Waals surface area contributed by atoms with Crippen molar-refractivity contribution in [2.45, 2.75) is 20.5 Å². The minimum atomic E-state index is -0.187. The SMILES string of the molecule is Cc1cccc(-c2[nH]c(C)c(C#N)c(=S)c2CO)c1. The molecule has 2 rings (SSSR count). The molecule has 0 aliphatic rings. The number of H-pyrrole nitrogens is 1. The number of benzene rings is 1. The average Bonchev–Trinajstić information content (AvgIpc) is 2.38. The zero-order valence-corrected chi connectivity index (χ0v) is 11.6. The van der Waals surface area contributed by atoms with Crippen LogP contribution in [0.2, 0.25) is 0 Å². The first-order valence-corrected chi connectivity index (χ1v) is 6.33. The zero-order valence-electron chi connectivity index (χ0n) is 10.8. The van der Waals surface area contributed by atoms with Gasteiger partial charge in [-0.05, 0) is 25.5 Å². The number of aliphatic hydroxyl groups is 1. The van der Waals surface area contributed by atoms with Crippen LogP contribution in [-0.4, -0.2) is 10.1 Å². The summed E-state index contributed by atoms with van der Waals surface area (Å²) in [5.41, 5.74) is 4.62. The molecular weight excluding hydrogens is 256 g/mol. The summed E-state index contributed by atoms with van der Waals surface area (Å²) >= 11 is 5.30. The van der Waals surface area contributed by atoms with E-state index in [0.717, 1.165) is 22.5 Å². The molecule has 0 saturated carbocycles. The molecule has 0 radical (unpaired) electrons. The predicted octanol–water partition coefficient (Wildman–Crippen LogP) is 3.39. The summed E-state index contributed by atoms with van der Waals surface area (Å²) in [6.07, 6.45) is 0. The molecule has 0 aliphatic carbocycles. The Bertz CT molecular complexity index is 726. The molecular formula is C15H14N2OS. The molecule has 3 nitrogen and oxygen atoms in total. The smallest absolute Gasteiger partial charge is 0.102 e. The molecule has 0 unspecified atom stereocenters. The number of nitriles is 1. The predicted molar refractivity (Wildman–Crippen MR) is 77.2 cm³/mol. The number of aromatic nitrogens is 1. The van der Waals surface area contributed by atoms with Crippen molar-refractivity contribution in [1.82, 2.24) is 4.98 Å². The molecule has 0 atom stereocenters. The Labute approximate surface area is 117 Å². The fourth-order valence-corrected chi connectivity index (χ4v) is 2.46. The minimum Gasteiger partial charge on any atom is -0.392 e. The van der Waals surface area contributed by atoms with Gasteiger partial charge in [0.05, 0.1) is 22.4 Å². The lowest BCUT2D eigenvalue weighted by molar-refractivity contribution is 0.281. The monoisotopic (exact) mass is 270 g/mol. The van der Waals surface area contributed by atoms with Crippen molar-refractivity contribution >= 4 is 12.2 Å². The lowest BCUT2D eigenvalue weighted by Gasteiger charge is -2.12. The van der Waals surface area contributed by atoms with Gasteiger partial charge in [-0.15, -0.1) is 0 Å². The number of hydrogen-bond acceptors (Lipinski definition) is 3. The largest absolute Gasteiger partial charge is 0.392 e. The van der Waals surface area contributed by atoms with Gasteiger partial charge in [-0.25, -0.2) is 0 Å². The van der Waals surface area contributed by atoms with Gasteiger partial charge in [0.15, 0.2) is 0 Å². The highest BCUT2D eigenvalue weighted by Gasteiger charge is 2.12. The summed E-state index contributed by atoms with van der Waals surface area (Å²) in [6.45, 7) is 3.63. The van der Waals surface area contributed by atoms with Crippen molar-refractivity contribution in [1.29, 1.82) is 5.26 Å². The number of nitrogens with one attached hydrogen (secondary N) is 1. The number of nitrogens with zero attached hydrogens (tertiary/aromatic N) is 1. The Balaban J connectivity index is 2.79. The normalized spacial score (nSPS) is 10.2. The first-order valence-electron chi connectivity index (χ1n) is 5.92. The van der Waals surface area contributed by atoms with E-state index in [9.17, 15) is 5.11 Å². The molecule has 1 heterocycles. The van der Waals surface area contributed by atoms with Gasteiger partial charge >= 0.3 is 0 Å². The van der Waals surface area contributed by atoms with E-state index in [2.05, 4.69) is 11.1 Å². The van der Waals surface area contributed by atoms with E-state index < -0.39 is 0 Å². The lowest BCUT2D eigenvalue weighted by atomic mass is 10.0. The Morgan fingerprint density at radius 2 is 2.11 bits per heavy atom. The zero-order chi connectivity index (χ0) is 14.0. The van der Waals surface area contributed by atoms with Crippen LogP contribution in [0, 0.1) is 29.7 Å². The Morgan fingerprint density at radius 1 is 1.37 bits per heavy atom. The van der Waals surface area contributed by atoms with Crippen LogP contribution in [0.4, 0.5) is 0 Å². The third-order valence-electron chi connectivity index (χ3n) is 3.07. The molecule has 0 fully saturated rings. The van der Waals surface area contributed by atoms with Crippen LogP contribution >= 0.6 is 12.2 Å². The second-order valence-corrected chi connectivity index (χ2v) is 4.86. The van der Waals surface area contributed by atoms with Crippen LogP contribution < -0.4 is 0 Å². The molecule has 1 aromatic heterocycles. The van der Waals surface area contributed by atoms with Gasteiger partial charge in [0, 0.05) is 11.3 Å². The van der Waals surface area contributed by atoms with Crippen LogP contribution in [0.1, 0.15) is 22.4 Å². The van der Waals surface area contributed by atoms with Crippen LogP contribution in [0.25, 0.3) is 11.3 Å². The van der Waals surface area contributed by atoms with Crippen LogP contribution in [0.15, 0.2) is 24.3 Å². The summed E-state index contributed by atoms with van der Waals surface area (Å²) in [7, 11) is 0. The summed E-state index contributed by atoms with van der Waals surface area (Å²) < 4.78 is 0.428. The third-order valence-corrected chi connectivity index (χ3v) is 3.52.